The highest BCUT2D eigenvalue weighted by Gasteiger charge is 2.29. The van der Waals surface area contributed by atoms with E-state index in [2.05, 4.69) is 20.8 Å². The molecular weight excluding hydrogens is 430 g/mol. The summed E-state index contributed by atoms with van der Waals surface area (Å²) in [5, 5.41) is 8.57. The standard InChI is InChI=1S/C27H37N3O4/c1-6-33-20-9-10-21-19(13-20)16-30(26(21)29)17-23(31)18-14-22(27(2,3)4)25(32-5)24(15-18)34-12-8-7-11-28/h9-10,13-15,29H,6-8,11-12,16-17,28H2,1-5H3. The number of carbonyl (C=O) groups is 1. The summed E-state index contributed by atoms with van der Waals surface area (Å²) < 4.78 is 17.3. The van der Waals surface area contributed by atoms with Gasteiger partial charge in [0.2, 0.25) is 0 Å². The van der Waals surface area contributed by atoms with E-state index in [1.807, 2.05) is 31.2 Å². The van der Waals surface area contributed by atoms with Crippen molar-refractivity contribution < 1.29 is 19.0 Å². The summed E-state index contributed by atoms with van der Waals surface area (Å²) in [5.74, 6) is 2.29. The maximum atomic E-state index is 13.4. The van der Waals surface area contributed by atoms with Gasteiger partial charge in [0.25, 0.3) is 0 Å². The van der Waals surface area contributed by atoms with Gasteiger partial charge >= 0.3 is 0 Å². The molecule has 0 saturated carbocycles. The van der Waals surface area contributed by atoms with E-state index in [0.29, 0.717) is 49.2 Å². The van der Waals surface area contributed by atoms with Gasteiger partial charge in [-0.3, -0.25) is 10.2 Å². The quantitative estimate of drug-likeness (QED) is 0.372. The Morgan fingerprint density at radius 3 is 2.56 bits per heavy atom. The minimum atomic E-state index is -0.247. The van der Waals surface area contributed by atoms with E-state index < -0.39 is 0 Å². The molecule has 0 atom stereocenters. The molecule has 0 radical (unpaired) electrons. The summed E-state index contributed by atoms with van der Waals surface area (Å²) in [6, 6.07) is 9.38. The van der Waals surface area contributed by atoms with Crippen LogP contribution in [0.15, 0.2) is 30.3 Å². The average Bonchev–Trinajstić information content (AvgIpc) is 3.10. The summed E-state index contributed by atoms with van der Waals surface area (Å²) in [7, 11) is 1.62. The second-order valence-electron chi connectivity index (χ2n) is 9.53. The van der Waals surface area contributed by atoms with Gasteiger partial charge in [-0.05, 0) is 67.6 Å². The summed E-state index contributed by atoms with van der Waals surface area (Å²) in [5.41, 5.74) is 8.66. The van der Waals surface area contributed by atoms with Gasteiger partial charge in [0.05, 0.1) is 26.9 Å². The first-order chi connectivity index (χ1) is 16.2. The molecule has 0 amide bonds. The second kappa shape index (κ2) is 10.9. The van der Waals surface area contributed by atoms with Gasteiger partial charge in [-0.15, -0.1) is 0 Å². The lowest BCUT2D eigenvalue weighted by molar-refractivity contribution is 0.0962. The Kier molecular flexibility index (Phi) is 8.20. The number of rotatable bonds is 11. The van der Waals surface area contributed by atoms with Crippen molar-refractivity contribution in [1.82, 2.24) is 4.90 Å². The number of nitrogens with one attached hydrogen (secondary N) is 1. The van der Waals surface area contributed by atoms with Gasteiger partial charge in [-0.25, -0.2) is 0 Å². The summed E-state index contributed by atoms with van der Waals surface area (Å²) in [6.07, 6.45) is 1.70. The Labute approximate surface area is 202 Å². The number of hydrogen-bond acceptors (Lipinski definition) is 6. The van der Waals surface area contributed by atoms with Crippen LogP contribution in [-0.2, 0) is 12.0 Å². The molecule has 1 aliphatic heterocycles. The van der Waals surface area contributed by atoms with Crippen molar-refractivity contribution in [2.75, 3.05) is 33.4 Å². The van der Waals surface area contributed by atoms with Crippen LogP contribution in [0.1, 0.15) is 67.6 Å². The molecule has 0 aliphatic carbocycles. The fraction of sp³-hybridized carbons (Fsp3) is 0.481. The molecule has 0 unspecified atom stereocenters. The molecule has 2 aromatic rings. The zero-order chi connectivity index (χ0) is 24.9. The minimum Gasteiger partial charge on any atom is -0.494 e. The first-order valence-electron chi connectivity index (χ1n) is 11.9. The van der Waals surface area contributed by atoms with Crippen molar-refractivity contribution in [3.05, 3.63) is 52.6 Å². The molecule has 184 valence electrons. The van der Waals surface area contributed by atoms with E-state index in [4.69, 9.17) is 25.4 Å². The third-order valence-electron chi connectivity index (χ3n) is 5.90. The maximum absolute atomic E-state index is 13.4. The van der Waals surface area contributed by atoms with Gasteiger partial charge in [-0.1, -0.05) is 20.8 Å². The van der Waals surface area contributed by atoms with E-state index in [9.17, 15) is 4.79 Å². The fourth-order valence-electron chi connectivity index (χ4n) is 4.11. The highest BCUT2D eigenvalue weighted by Crippen LogP contribution is 2.40. The zero-order valence-corrected chi connectivity index (χ0v) is 21.0. The monoisotopic (exact) mass is 467 g/mol. The molecule has 1 aliphatic rings. The van der Waals surface area contributed by atoms with E-state index in [1.54, 1.807) is 18.1 Å². The first-order valence-corrected chi connectivity index (χ1v) is 11.9. The second-order valence-corrected chi connectivity index (χ2v) is 9.53. The molecule has 2 aromatic carbocycles. The third-order valence-corrected chi connectivity index (χ3v) is 5.90. The van der Waals surface area contributed by atoms with Crippen molar-refractivity contribution in [3.8, 4) is 17.2 Å². The molecule has 0 fully saturated rings. The van der Waals surface area contributed by atoms with Crippen LogP contribution in [-0.4, -0.2) is 49.9 Å². The first kappa shape index (κ1) is 25.6. The number of fused-ring (bicyclic) bond motifs is 1. The van der Waals surface area contributed by atoms with Crippen LogP contribution < -0.4 is 19.9 Å². The van der Waals surface area contributed by atoms with Crippen LogP contribution >= 0.6 is 0 Å². The lowest BCUT2D eigenvalue weighted by Crippen LogP contribution is -2.30. The average molecular weight is 468 g/mol. The van der Waals surface area contributed by atoms with Crippen molar-refractivity contribution in [2.45, 2.75) is 52.5 Å². The molecule has 7 heteroatoms. The Balaban J connectivity index is 1.85. The van der Waals surface area contributed by atoms with Crippen LogP contribution in [0.25, 0.3) is 0 Å². The molecule has 7 nitrogen and oxygen atoms in total. The number of hydrogen-bond donors (Lipinski definition) is 2. The van der Waals surface area contributed by atoms with Crippen molar-refractivity contribution >= 4 is 11.6 Å². The van der Waals surface area contributed by atoms with Gasteiger partial charge in [-0.2, -0.15) is 0 Å². The van der Waals surface area contributed by atoms with Crippen LogP contribution in [0.4, 0.5) is 0 Å². The number of carbonyl (C=O) groups excluding carboxylic acids is 1. The molecule has 3 rings (SSSR count). The normalized spacial score (nSPS) is 13.1. The third kappa shape index (κ3) is 5.70. The highest BCUT2D eigenvalue weighted by molar-refractivity contribution is 6.05. The summed E-state index contributed by atoms with van der Waals surface area (Å²) in [4.78, 5) is 15.2. The van der Waals surface area contributed by atoms with Crippen LogP contribution in [0, 0.1) is 5.41 Å². The number of nitrogens with two attached hydrogens (primary N) is 1. The molecule has 34 heavy (non-hydrogen) atoms. The number of nitrogens with zero attached hydrogens (tertiary/aromatic N) is 1. The molecule has 3 N–H and O–H groups in total. The van der Waals surface area contributed by atoms with Gasteiger partial charge in [0, 0.05) is 23.2 Å². The molecule has 1 heterocycles. The Morgan fingerprint density at radius 1 is 1.15 bits per heavy atom. The smallest absolute Gasteiger partial charge is 0.182 e. The predicted molar refractivity (Wildman–Crippen MR) is 135 cm³/mol. The largest absolute Gasteiger partial charge is 0.494 e. The van der Waals surface area contributed by atoms with Crippen molar-refractivity contribution in [3.63, 3.8) is 0 Å². The van der Waals surface area contributed by atoms with Gasteiger partial charge in [0.15, 0.2) is 17.3 Å². The molecule has 0 bridgehead atoms. The summed E-state index contributed by atoms with van der Waals surface area (Å²) in [6.45, 7) is 10.5. The number of benzene rings is 2. The van der Waals surface area contributed by atoms with E-state index in [1.165, 1.54) is 0 Å². The number of ether oxygens (including phenoxy) is 3. The van der Waals surface area contributed by atoms with Gasteiger partial charge in [0.1, 0.15) is 11.6 Å². The lowest BCUT2D eigenvalue weighted by Gasteiger charge is -2.25. The molecule has 0 aromatic heterocycles. The van der Waals surface area contributed by atoms with Crippen LogP contribution in [0.5, 0.6) is 17.2 Å². The Morgan fingerprint density at radius 2 is 1.91 bits per heavy atom. The molecule has 0 saturated heterocycles. The van der Waals surface area contributed by atoms with E-state index in [-0.39, 0.29) is 17.7 Å². The number of unbranched alkanes of at least 4 members (excludes halogenated alkanes) is 1. The number of ketones is 1. The molecule has 0 spiro atoms. The number of methoxy groups -OCH3 is 1. The Bertz CT molecular complexity index is 1040. The van der Waals surface area contributed by atoms with Crippen molar-refractivity contribution in [1.29, 1.82) is 5.41 Å². The van der Waals surface area contributed by atoms with Crippen LogP contribution in [0.2, 0.25) is 0 Å². The fourth-order valence-corrected chi connectivity index (χ4v) is 4.11. The molecular formula is C27H37N3O4. The SMILES string of the molecule is CCOc1ccc2c(c1)CN(CC(=O)c1cc(OCCCCN)c(OC)c(C(C)(C)C)c1)C2=N. The highest BCUT2D eigenvalue weighted by atomic mass is 16.5. The predicted octanol–water partition coefficient (Wildman–Crippen LogP) is 4.53. The maximum Gasteiger partial charge on any atom is 0.182 e. The number of Topliss-reactive ketones (excluding diaryl/α,β-unsaturated/α-hetero) is 1. The lowest BCUT2D eigenvalue weighted by atomic mass is 9.84. The minimum absolute atomic E-state index is 0.0671. The van der Waals surface area contributed by atoms with Gasteiger partial charge < -0.3 is 24.8 Å². The number of amidine groups is 1. The topological polar surface area (TPSA) is 97.9 Å². The van der Waals surface area contributed by atoms with Crippen LogP contribution in [0.3, 0.4) is 0 Å². The summed E-state index contributed by atoms with van der Waals surface area (Å²) >= 11 is 0. The Hall–Kier alpha value is -3.06. The zero-order valence-electron chi connectivity index (χ0n) is 21.0. The van der Waals surface area contributed by atoms with E-state index >= 15 is 0 Å². The van der Waals surface area contributed by atoms with Crippen molar-refractivity contribution in [2.24, 2.45) is 5.73 Å². The van der Waals surface area contributed by atoms with E-state index in [0.717, 1.165) is 35.3 Å².